The van der Waals surface area contributed by atoms with E-state index in [4.69, 9.17) is 9.57 Å². The molecule has 3 rings (SSSR count). The Morgan fingerprint density at radius 2 is 1.68 bits per heavy atom. The Hall–Kier alpha value is -2.32. The first-order valence-corrected chi connectivity index (χ1v) is 11.1. The van der Waals surface area contributed by atoms with Crippen molar-refractivity contribution in [2.24, 2.45) is 5.92 Å². The van der Waals surface area contributed by atoms with Crippen molar-refractivity contribution in [1.29, 1.82) is 0 Å². The smallest absolute Gasteiger partial charge is 0.427 e. The molecule has 1 amide bonds. The zero-order chi connectivity index (χ0) is 22.6. The molecule has 0 bridgehead atoms. The molecule has 0 saturated carbocycles. The molecule has 8 nitrogen and oxygen atoms in total. The van der Waals surface area contributed by atoms with E-state index in [1.165, 1.54) is 12.1 Å². The number of carbonyl (C=O) groups excluding carboxylic acids is 2. The molecule has 31 heavy (non-hydrogen) atoms. The number of hydroxylamine groups is 2. The molecule has 1 N–H and O–H groups in total. The minimum Gasteiger partial charge on any atom is -0.427 e. The second-order valence-corrected chi connectivity index (χ2v) is 9.65. The van der Waals surface area contributed by atoms with Crippen LogP contribution in [0.4, 0.5) is 16.2 Å². The first kappa shape index (κ1) is 23.3. The number of piperidine rings is 1. The second-order valence-electron chi connectivity index (χ2n) is 9.65. The summed E-state index contributed by atoms with van der Waals surface area (Å²) in [5.41, 5.74) is 1.41. The van der Waals surface area contributed by atoms with E-state index in [1.807, 2.05) is 12.1 Å². The van der Waals surface area contributed by atoms with E-state index in [-0.39, 0.29) is 11.8 Å². The lowest BCUT2D eigenvalue weighted by molar-refractivity contribution is -0.157. The van der Waals surface area contributed by atoms with E-state index >= 15 is 0 Å². The van der Waals surface area contributed by atoms with Gasteiger partial charge >= 0.3 is 6.16 Å². The molecular weight excluding hydrogens is 396 g/mol. The van der Waals surface area contributed by atoms with Crippen LogP contribution in [-0.2, 0) is 14.4 Å². The highest BCUT2D eigenvalue weighted by atomic mass is 16.8. The van der Waals surface area contributed by atoms with Crippen LogP contribution in [-0.4, -0.2) is 73.9 Å². The number of carbonyl (C=O) groups is 2. The van der Waals surface area contributed by atoms with Crippen molar-refractivity contribution in [1.82, 2.24) is 9.96 Å². The van der Waals surface area contributed by atoms with Gasteiger partial charge in [-0.3, -0.25) is 4.79 Å². The molecule has 2 fully saturated rings. The molecule has 0 spiro atoms. The third-order valence-corrected chi connectivity index (χ3v) is 5.81. The predicted octanol–water partition coefficient (Wildman–Crippen LogP) is 3.34. The van der Waals surface area contributed by atoms with Gasteiger partial charge in [-0.05, 0) is 78.4 Å². The number of amides is 1. The SMILES string of the molecule is CN(C)C1CCN(c2ccc(NC(=O)C3CCN(OC(=O)OC(C)(C)C)CC3)cc2)C1. The van der Waals surface area contributed by atoms with Crippen LogP contribution in [0.1, 0.15) is 40.0 Å². The Morgan fingerprint density at radius 1 is 1.03 bits per heavy atom. The summed E-state index contributed by atoms with van der Waals surface area (Å²) in [6.07, 6.45) is 1.73. The average molecular weight is 433 g/mol. The van der Waals surface area contributed by atoms with Crippen molar-refractivity contribution in [3.63, 3.8) is 0 Å². The molecule has 1 unspecified atom stereocenters. The fourth-order valence-corrected chi connectivity index (χ4v) is 3.98. The van der Waals surface area contributed by atoms with Crippen molar-refractivity contribution in [3.8, 4) is 0 Å². The number of nitrogens with zero attached hydrogens (tertiary/aromatic N) is 3. The minimum absolute atomic E-state index is 0.0125. The van der Waals surface area contributed by atoms with Crippen LogP contribution in [0.2, 0.25) is 0 Å². The van der Waals surface area contributed by atoms with Crippen LogP contribution in [0.25, 0.3) is 0 Å². The molecule has 172 valence electrons. The number of anilines is 2. The highest BCUT2D eigenvalue weighted by Crippen LogP contribution is 2.25. The Labute approximate surface area is 185 Å². The van der Waals surface area contributed by atoms with Crippen molar-refractivity contribution < 1.29 is 19.2 Å². The predicted molar refractivity (Wildman–Crippen MR) is 121 cm³/mol. The van der Waals surface area contributed by atoms with Gasteiger partial charge in [-0.15, -0.1) is 5.06 Å². The quantitative estimate of drug-likeness (QED) is 0.715. The van der Waals surface area contributed by atoms with E-state index in [9.17, 15) is 9.59 Å². The molecule has 1 aromatic rings. The number of hydrogen-bond acceptors (Lipinski definition) is 7. The molecule has 0 aliphatic carbocycles. The molecule has 0 aromatic heterocycles. The van der Waals surface area contributed by atoms with Gasteiger partial charge in [0.2, 0.25) is 5.91 Å². The van der Waals surface area contributed by atoms with Gasteiger partial charge < -0.3 is 24.7 Å². The van der Waals surface area contributed by atoms with Crippen LogP contribution in [0.15, 0.2) is 24.3 Å². The van der Waals surface area contributed by atoms with E-state index in [2.05, 4.69) is 41.3 Å². The lowest BCUT2D eigenvalue weighted by Gasteiger charge is -2.30. The van der Waals surface area contributed by atoms with E-state index in [0.717, 1.165) is 18.8 Å². The lowest BCUT2D eigenvalue weighted by Crippen LogP contribution is -2.40. The molecule has 2 aliphatic rings. The van der Waals surface area contributed by atoms with Crippen molar-refractivity contribution >= 4 is 23.4 Å². The largest absolute Gasteiger partial charge is 0.528 e. The third kappa shape index (κ3) is 6.83. The highest BCUT2D eigenvalue weighted by molar-refractivity contribution is 5.92. The summed E-state index contributed by atoms with van der Waals surface area (Å²) in [6, 6.07) is 8.67. The van der Waals surface area contributed by atoms with Crippen molar-refractivity contribution in [3.05, 3.63) is 24.3 Å². The van der Waals surface area contributed by atoms with Gasteiger partial charge in [0.25, 0.3) is 0 Å². The summed E-state index contributed by atoms with van der Waals surface area (Å²) in [7, 11) is 4.25. The Kier molecular flexibility index (Phi) is 7.43. The van der Waals surface area contributed by atoms with Gasteiger partial charge in [-0.25, -0.2) is 4.79 Å². The molecule has 2 aliphatic heterocycles. The summed E-state index contributed by atoms with van der Waals surface area (Å²) < 4.78 is 5.17. The van der Waals surface area contributed by atoms with E-state index < -0.39 is 11.8 Å². The molecular formula is C23H36N4O4. The topological polar surface area (TPSA) is 74.4 Å². The van der Waals surface area contributed by atoms with Crippen LogP contribution in [0.3, 0.4) is 0 Å². The average Bonchev–Trinajstić information content (AvgIpc) is 3.18. The molecule has 0 radical (unpaired) electrons. The van der Waals surface area contributed by atoms with Gasteiger partial charge in [0.15, 0.2) is 0 Å². The molecule has 8 heteroatoms. The first-order chi connectivity index (χ1) is 14.6. The molecule has 1 aromatic carbocycles. The number of rotatable bonds is 5. The summed E-state index contributed by atoms with van der Waals surface area (Å²) in [5.74, 6) is -0.0869. The fraction of sp³-hybridized carbons (Fsp3) is 0.652. The highest BCUT2D eigenvalue weighted by Gasteiger charge is 2.29. The monoisotopic (exact) mass is 432 g/mol. The minimum atomic E-state index is -0.703. The molecule has 2 saturated heterocycles. The molecule has 2 heterocycles. The zero-order valence-corrected chi connectivity index (χ0v) is 19.4. The molecule has 1 atom stereocenters. The van der Waals surface area contributed by atoms with E-state index in [0.29, 0.717) is 32.0 Å². The Balaban J connectivity index is 1.43. The summed E-state index contributed by atoms with van der Waals surface area (Å²) in [4.78, 5) is 34.3. The Bertz CT molecular complexity index is 752. The van der Waals surface area contributed by atoms with Gasteiger partial charge in [0.05, 0.1) is 0 Å². The van der Waals surface area contributed by atoms with Crippen LogP contribution >= 0.6 is 0 Å². The number of hydrogen-bond donors (Lipinski definition) is 1. The lowest BCUT2D eigenvalue weighted by atomic mass is 9.97. The maximum Gasteiger partial charge on any atom is 0.528 e. The fourth-order valence-electron chi connectivity index (χ4n) is 3.98. The standard InChI is InChI=1S/C23H36N4O4/c1-23(2,3)30-22(29)31-27-14-10-17(11-15-27)21(28)24-18-6-8-19(9-7-18)26-13-12-20(16-26)25(4)5/h6-9,17,20H,10-16H2,1-5H3,(H,24,28). The summed E-state index contributed by atoms with van der Waals surface area (Å²) in [5, 5.41) is 4.60. The van der Waals surface area contributed by atoms with Crippen LogP contribution in [0.5, 0.6) is 0 Å². The summed E-state index contributed by atoms with van der Waals surface area (Å²) >= 11 is 0. The number of ether oxygens (including phenoxy) is 1. The zero-order valence-electron chi connectivity index (χ0n) is 19.4. The van der Waals surface area contributed by atoms with E-state index in [1.54, 1.807) is 25.8 Å². The maximum atomic E-state index is 12.7. The number of nitrogens with one attached hydrogen (secondary N) is 1. The summed E-state index contributed by atoms with van der Waals surface area (Å²) in [6.45, 7) is 8.49. The number of likely N-dealkylation sites (N-methyl/N-ethyl adjacent to an activating group) is 1. The van der Waals surface area contributed by atoms with Crippen molar-refractivity contribution in [2.75, 3.05) is 50.5 Å². The van der Waals surface area contributed by atoms with Crippen LogP contribution in [0, 0.1) is 5.92 Å². The van der Waals surface area contributed by atoms with Gasteiger partial charge in [-0.2, -0.15) is 0 Å². The number of benzene rings is 1. The first-order valence-electron chi connectivity index (χ1n) is 11.1. The second kappa shape index (κ2) is 9.87. The van der Waals surface area contributed by atoms with Gasteiger partial charge in [0, 0.05) is 49.5 Å². The Morgan fingerprint density at radius 3 is 2.23 bits per heavy atom. The third-order valence-electron chi connectivity index (χ3n) is 5.81. The maximum absolute atomic E-state index is 12.7. The van der Waals surface area contributed by atoms with Gasteiger partial charge in [-0.1, -0.05) is 0 Å². The van der Waals surface area contributed by atoms with Gasteiger partial charge in [0.1, 0.15) is 5.60 Å². The van der Waals surface area contributed by atoms with Crippen LogP contribution < -0.4 is 10.2 Å². The normalized spacial score (nSPS) is 20.7. The van der Waals surface area contributed by atoms with Crippen molar-refractivity contribution in [2.45, 2.75) is 51.7 Å².